The number of hydrogen-bond donors (Lipinski definition) is 1. The minimum absolute atomic E-state index is 0.144. The zero-order valence-electron chi connectivity index (χ0n) is 8.87. The molecular formula is C11H19NO. The highest BCUT2D eigenvalue weighted by Crippen LogP contribution is 2.24. The minimum atomic E-state index is 0.144. The second-order valence-corrected chi connectivity index (χ2v) is 4.44. The first-order valence-corrected chi connectivity index (χ1v) is 5.00. The Labute approximate surface area is 80.4 Å². The van der Waals surface area contributed by atoms with Crippen molar-refractivity contribution in [2.75, 3.05) is 0 Å². The van der Waals surface area contributed by atoms with E-state index in [0.29, 0.717) is 17.9 Å². The number of ketones is 1. The summed E-state index contributed by atoms with van der Waals surface area (Å²) in [5, 5.41) is 3.28. The number of nitrogens with one attached hydrogen (secondary N) is 1. The number of rotatable bonds is 2. The quantitative estimate of drug-likeness (QED) is 0.705. The van der Waals surface area contributed by atoms with Gasteiger partial charge in [-0.05, 0) is 17.9 Å². The summed E-state index contributed by atoms with van der Waals surface area (Å²) in [4.78, 5) is 11.6. The van der Waals surface area contributed by atoms with E-state index < -0.39 is 0 Å². The molecule has 0 spiro atoms. The molecule has 1 unspecified atom stereocenters. The molecule has 0 radical (unpaired) electrons. The van der Waals surface area contributed by atoms with Crippen molar-refractivity contribution < 1.29 is 4.79 Å². The number of allylic oxidation sites excluding steroid dienone is 1. The number of carbonyl (C=O) groups excluding carboxylic acids is 1. The first-order chi connectivity index (χ1) is 6.04. The molecule has 1 aliphatic rings. The lowest BCUT2D eigenvalue weighted by molar-refractivity contribution is -0.121. The summed E-state index contributed by atoms with van der Waals surface area (Å²) in [5.74, 6) is 1.33. The molecule has 0 saturated carbocycles. The van der Waals surface area contributed by atoms with Gasteiger partial charge in [0.05, 0.1) is 0 Å². The van der Waals surface area contributed by atoms with Crippen LogP contribution in [-0.4, -0.2) is 11.8 Å². The van der Waals surface area contributed by atoms with E-state index in [9.17, 15) is 4.79 Å². The first-order valence-electron chi connectivity index (χ1n) is 5.00. The maximum atomic E-state index is 11.6. The zero-order chi connectivity index (χ0) is 10.0. The fraction of sp³-hybridized carbons (Fsp3) is 0.727. The van der Waals surface area contributed by atoms with Gasteiger partial charge in [0.2, 0.25) is 0 Å². The first kappa shape index (κ1) is 10.3. The average Bonchev–Trinajstić information content (AvgIpc) is 2.02. The zero-order valence-corrected chi connectivity index (χ0v) is 8.87. The molecule has 2 heteroatoms. The fourth-order valence-electron chi connectivity index (χ4n) is 1.98. The Morgan fingerprint density at radius 2 is 1.85 bits per heavy atom. The maximum Gasteiger partial charge on any atom is 0.162 e. The van der Waals surface area contributed by atoms with Crippen LogP contribution in [0.15, 0.2) is 12.3 Å². The highest BCUT2D eigenvalue weighted by atomic mass is 16.1. The Bertz CT molecular complexity index is 218. The molecule has 1 aliphatic heterocycles. The molecule has 0 aromatic heterocycles. The maximum absolute atomic E-state index is 11.6. The van der Waals surface area contributed by atoms with Crippen LogP contribution in [-0.2, 0) is 4.79 Å². The molecule has 0 fully saturated rings. The van der Waals surface area contributed by atoms with Crippen molar-refractivity contribution in [1.29, 1.82) is 0 Å². The van der Waals surface area contributed by atoms with Gasteiger partial charge < -0.3 is 5.32 Å². The smallest absolute Gasteiger partial charge is 0.162 e. The summed E-state index contributed by atoms with van der Waals surface area (Å²) in [6, 6.07) is 0.303. The van der Waals surface area contributed by atoms with Crippen molar-refractivity contribution >= 4 is 5.78 Å². The highest BCUT2D eigenvalue weighted by Gasteiger charge is 2.32. The lowest BCUT2D eigenvalue weighted by Crippen LogP contribution is -2.46. The van der Waals surface area contributed by atoms with Gasteiger partial charge in [-0.25, -0.2) is 0 Å². The van der Waals surface area contributed by atoms with Crippen molar-refractivity contribution in [3.8, 4) is 0 Å². The Kier molecular flexibility index (Phi) is 3.12. The van der Waals surface area contributed by atoms with Crippen LogP contribution in [0, 0.1) is 17.8 Å². The van der Waals surface area contributed by atoms with Crippen LogP contribution < -0.4 is 5.32 Å². The van der Waals surface area contributed by atoms with Gasteiger partial charge in [0, 0.05) is 18.2 Å². The van der Waals surface area contributed by atoms with E-state index in [2.05, 4.69) is 33.0 Å². The van der Waals surface area contributed by atoms with Gasteiger partial charge in [-0.15, -0.1) is 0 Å². The Morgan fingerprint density at radius 1 is 1.23 bits per heavy atom. The van der Waals surface area contributed by atoms with Crippen molar-refractivity contribution in [2.45, 2.75) is 33.7 Å². The third-order valence-corrected chi connectivity index (χ3v) is 2.69. The summed E-state index contributed by atoms with van der Waals surface area (Å²) < 4.78 is 0. The predicted octanol–water partition coefficient (Wildman–Crippen LogP) is 1.97. The fourth-order valence-corrected chi connectivity index (χ4v) is 1.98. The number of hydrogen-bond acceptors (Lipinski definition) is 2. The lowest BCUT2D eigenvalue weighted by Gasteiger charge is -2.34. The summed E-state index contributed by atoms with van der Waals surface area (Å²) in [6.07, 6.45) is 3.44. The normalized spacial score (nSPS) is 28.3. The van der Waals surface area contributed by atoms with E-state index in [1.54, 1.807) is 12.3 Å². The van der Waals surface area contributed by atoms with Crippen LogP contribution in [0.4, 0.5) is 0 Å². The van der Waals surface area contributed by atoms with E-state index in [1.807, 2.05) is 0 Å². The third-order valence-electron chi connectivity index (χ3n) is 2.69. The van der Waals surface area contributed by atoms with E-state index >= 15 is 0 Å². The lowest BCUT2D eigenvalue weighted by atomic mass is 9.78. The highest BCUT2D eigenvalue weighted by molar-refractivity contribution is 5.93. The van der Waals surface area contributed by atoms with Crippen LogP contribution in [0.1, 0.15) is 27.7 Å². The van der Waals surface area contributed by atoms with Gasteiger partial charge in [-0.3, -0.25) is 4.79 Å². The average molecular weight is 181 g/mol. The van der Waals surface area contributed by atoms with Crippen molar-refractivity contribution in [1.82, 2.24) is 5.32 Å². The van der Waals surface area contributed by atoms with Crippen LogP contribution >= 0.6 is 0 Å². The molecular weight excluding hydrogens is 162 g/mol. The van der Waals surface area contributed by atoms with E-state index in [1.165, 1.54) is 0 Å². The largest absolute Gasteiger partial charge is 0.387 e. The molecule has 1 N–H and O–H groups in total. The van der Waals surface area contributed by atoms with E-state index in [-0.39, 0.29) is 11.7 Å². The summed E-state index contributed by atoms with van der Waals surface area (Å²) >= 11 is 0. The van der Waals surface area contributed by atoms with Gasteiger partial charge in [-0.2, -0.15) is 0 Å². The Morgan fingerprint density at radius 3 is 2.23 bits per heavy atom. The molecule has 0 aromatic rings. The third kappa shape index (κ3) is 2.11. The molecule has 74 valence electrons. The summed E-state index contributed by atoms with van der Waals surface area (Å²) in [7, 11) is 0. The summed E-state index contributed by atoms with van der Waals surface area (Å²) in [5.41, 5.74) is 0. The molecule has 1 heterocycles. The van der Waals surface area contributed by atoms with Gasteiger partial charge in [-0.1, -0.05) is 27.7 Å². The predicted molar refractivity (Wildman–Crippen MR) is 54.2 cm³/mol. The SMILES string of the molecule is CC(C)C1NC=CC(=O)[C@H]1C(C)C. The Hall–Kier alpha value is -0.790. The molecule has 0 aliphatic carbocycles. The second kappa shape index (κ2) is 3.95. The topological polar surface area (TPSA) is 29.1 Å². The monoisotopic (exact) mass is 181 g/mol. The molecule has 0 aromatic carbocycles. The molecule has 0 amide bonds. The second-order valence-electron chi connectivity index (χ2n) is 4.44. The molecule has 13 heavy (non-hydrogen) atoms. The molecule has 0 bridgehead atoms. The van der Waals surface area contributed by atoms with Crippen molar-refractivity contribution in [3.63, 3.8) is 0 Å². The van der Waals surface area contributed by atoms with Gasteiger partial charge in [0.1, 0.15) is 0 Å². The van der Waals surface area contributed by atoms with Gasteiger partial charge >= 0.3 is 0 Å². The van der Waals surface area contributed by atoms with E-state index in [4.69, 9.17) is 0 Å². The minimum Gasteiger partial charge on any atom is -0.387 e. The Balaban J connectivity index is 2.83. The number of carbonyl (C=O) groups is 1. The molecule has 0 saturated heterocycles. The molecule has 2 nitrogen and oxygen atoms in total. The molecule has 1 rings (SSSR count). The van der Waals surface area contributed by atoms with Crippen LogP contribution in [0.2, 0.25) is 0 Å². The van der Waals surface area contributed by atoms with Crippen LogP contribution in [0.25, 0.3) is 0 Å². The van der Waals surface area contributed by atoms with Crippen LogP contribution in [0.3, 0.4) is 0 Å². The van der Waals surface area contributed by atoms with Crippen LogP contribution in [0.5, 0.6) is 0 Å². The van der Waals surface area contributed by atoms with E-state index in [0.717, 1.165) is 0 Å². The summed E-state index contributed by atoms with van der Waals surface area (Å²) in [6.45, 7) is 8.52. The van der Waals surface area contributed by atoms with Gasteiger partial charge in [0.25, 0.3) is 0 Å². The standard InChI is InChI=1S/C11H19NO/c1-7(2)10-9(13)5-6-12-11(10)8(3)4/h5-8,10-12H,1-4H3/t10-,11?/m1/s1. The van der Waals surface area contributed by atoms with Crippen molar-refractivity contribution in [3.05, 3.63) is 12.3 Å². The van der Waals surface area contributed by atoms with Gasteiger partial charge in [0.15, 0.2) is 5.78 Å². The van der Waals surface area contributed by atoms with Crippen molar-refractivity contribution in [2.24, 2.45) is 17.8 Å². The molecule has 2 atom stereocenters.